The molecule has 0 spiro atoms. The minimum atomic E-state index is -0.310. The molecular weight excluding hydrogens is 367 g/mol. The Bertz CT molecular complexity index is 829. The smallest absolute Gasteiger partial charge is 0.233 e. The number of morpholine rings is 1. The molecule has 1 amide bonds. The van der Waals surface area contributed by atoms with Crippen LogP contribution in [-0.4, -0.2) is 56.6 Å². The molecule has 1 saturated carbocycles. The molecule has 4 rings (SSSR count). The van der Waals surface area contributed by atoms with E-state index < -0.39 is 0 Å². The topological polar surface area (TPSA) is 60.2 Å². The van der Waals surface area contributed by atoms with Crippen molar-refractivity contribution in [3.8, 4) is 11.4 Å². The highest BCUT2D eigenvalue weighted by Gasteiger charge is 2.32. The minimum Gasteiger partial charge on any atom is -0.372 e. The van der Waals surface area contributed by atoms with E-state index in [1.54, 1.807) is 18.2 Å². The van der Waals surface area contributed by atoms with Crippen molar-refractivity contribution in [1.82, 2.24) is 19.7 Å². The maximum Gasteiger partial charge on any atom is 0.233 e. The Labute approximate surface area is 162 Å². The Kier molecular flexibility index (Phi) is 5.19. The number of halogens is 1. The van der Waals surface area contributed by atoms with Gasteiger partial charge in [0.1, 0.15) is 5.82 Å². The van der Waals surface area contributed by atoms with Crippen LogP contribution in [0, 0.1) is 5.82 Å². The molecule has 0 bridgehead atoms. The van der Waals surface area contributed by atoms with Crippen LogP contribution in [-0.2, 0) is 9.53 Å². The van der Waals surface area contributed by atoms with E-state index in [1.165, 1.54) is 17.8 Å². The van der Waals surface area contributed by atoms with Gasteiger partial charge in [-0.2, -0.15) is 0 Å². The molecule has 144 valence electrons. The molecule has 8 heteroatoms. The first-order valence-corrected chi connectivity index (χ1v) is 10.3. The highest BCUT2D eigenvalue weighted by Crippen LogP contribution is 2.41. The van der Waals surface area contributed by atoms with Crippen LogP contribution in [0.15, 0.2) is 29.4 Å². The summed E-state index contributed by atoms with van der Waals surface area (Å²) in [6.45, 7) is 5.18. The third-order valence-electron chi connectivity index (χ3n) is 4.79. The summed E-state index contributed by atoms with van der Waals surface area (Å²) in [6, 6.07) is 6.89. The van der Waals surface area contributed by atoms with E-state index in [0.29, 0.717) is 35.4 Å². The van der Waals surface area contributed by atoms with E-state index >= 15 is 0 Å². The zero-order valence-corrected chi connectivity index (χ0v) is 16.3. The standard InChI is InChI=1S/C19H23FN4O2S/c1-12-9-23(10-13(2)26-12)17(25)11-27-19-22-21-18(24(19)14-7-8-14)15-5-3-4-6-16(15)20/h3-6,12-14H,7-11H2,1-2H3. The van der Waals surface area contributed by atoms with Crippen LogP contribution in [0.4, 0.5) is 4.39 Å². The molecule has 1 aromatic carbocycles. The predicted molar refractivity (Wildman–Crippen MR) is 101 cm³/mol. The van der Waals surface area contributed by atoms with Gasteiger partial charge in [0.15, 0.2) is 11.0 Å². The molecular formula is C19H23FN4O2S. The molecule has 1 aliphatic carbocycles. The maximum atomic E-state index is 14.2. The Morgan fingerprint density at radius 3 is 2.59 bits per heavy atom. The fourth-order valence-electron chi connectivity index (χ4n) is 3.46. The normalized spacial score (nSPS) is 22.9. The van der Waals surface area contributed by atoms with Crippen molar-refractivity contribution in [2.75, 3.05) is 18.8 Å². The first kappa shape index (κ1) is 18.4. The van der Waals surface area contributed by atoms with Gasteiger partial charge < -0.3 is 9.64 Å². The molecule has 1 saturated heterocycles. The number of ether oxygens (including phenoxy) is 1. The lowest BCUT2D eigenvalue weighted by Gasteiger charge is -2.35. The van der Waals surface area contributed by atoms with Gasteiger partial charge in [-0.3, -0.25) is 9.36 Å². The van der Waals surface area contributed by atoms with E-state index in [2.05, 4.69) is 10.2 Å². The molecule has 2 aromatic rings. The summed E-state index contributed by atoms with van der Waals surface area (Å²) in [6.07, 6.45) is 2.15. The second-order valence-corrected chi connectivity index (χ2v) is 8.17. The van der Waals surface area contributed by atoms with Gasteiger partial charge in [0.05, 0.1) is 23.5 Å². The Hall–Kier alpha value is -1.93. The summed E-state index contributed by atoms with van der Waals surface area (Å²) in [5.74, 6) is 0.594. The van der Waals surface area contributed by atoms with Gasteiger partial charge in [-0.25, -0.2) is 4.39 Å². The van der Waals surface area contributed by atoms with Gasteiger partial charge in [0.25, 0.3) is 0 Å². The van der Waals surface area contributed by atoms with Gasteiger partial charge in [-0.15, -0.1) is 10.2 Å². The lowest BCUT2D eigenvalue weighted by molar-refractivity contribution is -0.140. The number of benzene rings is 1. The Morgan fingerprint density at radius 2 is 1.93 bits per heavy atom. The van der Waals surface area contributed by atoms with Crippen LogP contribution in [0.2, 0.25) is 0 Å². The molecule has 2 heterocycles. The van der Waals surface area contributed by atoms with E-state index in [4.69, 9.17) is 4.74 Å². The molecule has 2 aliphatic rings. The molecule has 0 N–H and O–H groups in total. The van der Waals surface area contributed by atoms with Crippen LogP contribution in [0.1, 0.15) is 32.7 Å². The summed E-state index contributed by atoms with van der Waals surface area (Å²) in [5, 5.41) is 9.17. The number of hydrogen-bond acceptors (Lipinski definition) is 5. The predicted octanol–water partition coefficient (Wildman–Crippen LogP) is 3.15. The van der Waals surface area contributed by atoms with Crippen molar-refractivity contribution < 1.29 is 13.9 Å². The summed E-state index contributed by atoms with van der Waals surface area (Å²) in [5.41, 5.74) is 0.450. The summed E-state index contributed by atoms with van der Waals surface area (Å²) >= 11 is 1.38. The molecule has 6 nitrogen and oxygen atoms in total. The monoisotopic (exact) mass is 390 g/mol. The quantitative estimate of drug-likeness (QED) is 0.734. The number of aromatic nitrogens is 3. The third-order valence-corrected chi connectivity index (χ3v) is 5.72. The van der Waals surface area contributed by atoms with Gasteiger partial charge in [-0.1, -0.05) is 23.9 Å². The first-order valence-electron chi connectivity index (χ1n) is 9.28. The van der Waals surface area contributed by atoms with E-state index in [-0.39, 0.29) is 30.0 Å². The molecule has 2 fully saturated rings. The van der Waals surface area contributed by atoms with Crippen LogP contribution in [0.3, 0.4) is 0 Å². The van der Waals surface area contributed by atoms with E-state index in [0.717, 1.165) is 12.8 Å². The zero-order valence-electron chi connectivity index (χ0n) is 15.5. The van der Waals surface area contributed by atoms with Crippen molar-refractivity contribution in [3.63, 3.8) is 0 Å². The summed E-state index contributed by atoms with van der Waals surface area (Å²) in [4.78, 5) is 14.5. The van der Waals surface area contributed by atoms with E-state index in [1.807, 2.05) is 23.3 Å². The summed E-state index contributed by atoms with van der Waals surface area (Å²) in [7, 11) is 0. The molecule has 27 heavy (non-hydrogen) atoms. The molecule has 0 radical (unpaired) electrons. The lowest BCUT2D eigenvalue weighted by Crippen LogP contribution is -2.48. The number of carbonyl (C=O) groups is 1. The van der Waals surface area contributed by atoms with Crippen LogP contribution < -0.4 is 0 Å². The van der Waals surface area contributed by atoms with E-state index in [9.17, 15) is 9.18 Å². The van der Waals surface area contributed by atoms with Gasteiger partial charge in [-0.05, 0) is 38.8 Å². The maximum absolute atomic E-state index is 14.2. The lowest BCUT2D eigenvalue weighted by atomic mass is 10.2. The van der Waals surface area contributed by atoms with Crippen LogP contribution >= 0.6 is 11.8 Å². The number of hydrogen-bond donors (Lipinski definition) is 0. The number of rotatable bonds is 5. The van der Waals surface area contributed by atoms with Crippen molar-refractivity contribution in [2.24, 2.45) is 0 Å². The number of thioether (sulfide) groups is 1. The third kappa shape index (κ3) is 4.01. The SMILES string of the molecule is CC1CN(C(=O)CSc2nnc(-c3ccccc3F)n2C2CC2)CC(C)O1. The second-order valence-electron chi connectivity index (χ2n) is 7.23. The number of nitrogens with zero attached hydrogens (tertiary/aromatic N) is 4. The fraction of sp³-hybridized carbons (Fsp3) is 0.526. The van der Waals surface area contributed by atoms with Crippen molar-refractivity contribution in [1.29, 1.82) is 0 Å². The largest absolute Gasteiger partial charge is 0.372 e. The Balaban J connectivity index is 1.50. The molecule has 1 aliphatic heterocycles. The van der Waals surface area contributed by atoms with Gasteiger partial charge in [0.2, 0.25) is 5.91 Å². The van der Waals surface area contributed by atoms with Gasteiger partial charge >= 0.3 is 0 Å². The highest BCUT2D eigenvalue weighted by atomic mass is 32.2. The summed E-state index contributed by atoms with van der Waals surface area (Å²) < 4.78 is 21.9. The number of carbonyl (C=O) groups excluding carboxylic acids is 1. The first-order chi connectivity index (χ1) is 13.0. The average molecular weight is 390 g/mol. The highest BCUT2D eigenvalue weighted by molar-refractivity contribution is 7.99. The van der Waals surface area contributed by atoms with Gasteiger partial charge in [0, 0.05) is 19.1 Å². The molecule has 2 unspecified atom stereocenters. The van der Waals surface area contributed by atoms with Crippen LogP contribution in [0.5, 0.6) is 0 Å². The second kappa shape index (κ2) is 7.59. The minimum absolute atomic E-state index is 0.0467. The molecule has 1 aromatic heterocycles. The molecule has 2 atom stereocenters. The van der Waals surface area contributed by atoms with Crippen LogP contribution in [0.25, 0.3) is 11.4 Å². The number of amides is 1. The zero-order chi connectivity index (χ0) is 19.0. The van der Waals surface area contributed by atoms with Crippen molar-refractivity contribution in [3.05, 3.63) is 30.1 Å². The Morgan fingerprint density at radius 1 is 1.22 bits per heavy atom. The average Bonchev–Trinajstić information content (AvgIpc) is 3.39. The van der Waals surface area contributed by atoms with Crippen molar-refractivity contribution >= 4 is 17.7 Å². The van der Waals surface area contributed by atoms with Crippen molar-refractivity contribution in [2.45, 2.75) is 50.1 Å². The fourth-order valence-corrected chi connectivity index (χ4v) is 4.37.